The van der Waals surface area contributed by atoms with Crippen LogP contribution in [0.15, 0.2) is 27.8 Å². The van der Waals surface area contributed by atoms with E-state index in [2.05, 4.69) is 10.4 Å². The molecule has 0 spiro atoms. The topological polar surface area (TPSA) is 114 Å². The molecule has 0 aliphatic heterocycles. The average Bonchev–Trinajstić information content (AvgIpc) is 2.94. The Labute approximate surface area is 154 Å². The van der Waals surface area contributed by atoms with E-state index in [4.69, 9.17) is 5.26 Å². The van der Waals surface area contributed by atoms with Crippen LogP contribution >= 0.6 is 0 Å². The summed E-state index contributed by atoms with van der Waals surface area (Å²) in [6, 6.07) is 6.46. The minimum absolute atomic E-state index is 0.0492. The van der Waals surface area contributed by atoms with Gasteiger partial charge in [0, 0.05) is 18.2 Å². The molecule has 2 heterocycles. The zero-order chi connectivity index (χ0) is 19.7. The van der Waals surface area contributed by atoms with Crippen molar-refractivity contribution in [3.05, 3.63) is 44.6 Å². The van der Waals surface area contributed by atoms with E-state index < -0.39 is 5.69 Å². The smallest absolute Gasteiger partial charge is 0.350 e. The molecule has 0 saturated carbocycles. The van der Waals surface area contributed by atoms with E-state index in [9.17, 15) is 14.4 Å². The summed E-state index contributed by atoms with van der Waals surface area (Å²) in [4.78, 5) is 38.0. The molecule has 2 aromatic heterocycles. The van der Waals surface area contributed by atoms with Gasteiger partial charge in [0.05, 0.1) is 17.0 Å². The highest BCUT2D eigenvalue weighted by Gasteiger charge is 2.18. The number of aryl methyl sites for hydroxylation is 1. The lowest BCUT2D eigenvalue weighted by Gasteiger charge is -2.11. The predicted octanol–water partition coefficient (Wildman–Crippen LogP) is 0.883. The van der Waals surface area contributed by atoms with Gasteiger partial charge < -0.3 is 5.32 Å². The van der Waals surface area contributed by atoms with Gasteiger partial charge in [-0.05, 0) is 38.5 Å². The number of nitrogens with one attached hydrogen (secondary N) is 1. The molecule has 3 aromatic rings. The Morgan fingerprint density at radius 2 is 2.07 bits per heavy atom. The van der Waals surface area contributed by atoms with Crippen LogP contribution in [0.1, 0.15) is 37.6 Å². The Balaban J connectivity index is 2.40. The molecule has 0 fully saturated rings. The first-order chi connectivity index (χ1) is 12.9. The van der Waals surface area contributed by atoms with Gasteiger partial charge in [-0.3, -0.25) is 14.2 Å². The third-order valence-electron chi connectivity index (χ3n) is 4.13. The van der Waals surface area contributed by atoms with Crippen molar-refractivity contribution in [2.24, 2.45) is 0 Å². The molecule has 1 aromatic carbocycles. The third kappa shape index (κ3) is 3.10. The van der Waals surface area contributed by atoms with Crippen molar-refractivity contribution in [2.45, 2.75) is 46.3 Å². The Bertz CT molecular complexity index is 1190. The van der Waals surface area contributed by atoms with Crippen LogP contribution in [-0.2, 0) is 13.1 Å². The Morgan fingerprint density at radius 3 is 2.70 bits per heavy atom. The fourth-order valence-electron chi connectivity index (χ4n) is 3.00. The highest BCUT2D eigenvalue weighted by molar-refractivity contribution is 5.98. The molecule has 9 nitrogen and oxygen atoms in total. The van der Waals surface area contributed by atoms with Crippen LogP contribution in [0.25, 0.3) is 16.7 Å². The normalized spacial score (nSPS) is 11.2. The standard InChI is InChI=1S/C18H20N6O3/c1-4-8-22-16(26)13-6-5-12(15(25)20-11(2)3)10-14(13)24-17(22)21-23(9-7-19)18(24)27/h5-6,10-11H,4,8-9H2,1-3H3,(H,20,25). The van der Waals surface area contributed by atoms with Gasteiger partial charge in [0.1, 0.15) is 6.54 Å². The van der Waals surface area contributed by atoms with Gasteiger partial charge in [-0.2, -0.15) is 9.94 Å². The van der Waals surface area contributed by atoms with Crippen LogP contribution in [0.5, 0.6) is 0 Å². The molecule has 0 bridgehead atoms. The molecule has 3 rings (SSSR count). The lowest BCUT2D eigenvalue weighted by atomic mass is 10.1. The maximum atomic E-state index is 12.9. The highest BCUT2D eigenvalue weighted by Crippen LogP contribution is 2.14. The molecule has 0 radical (unpaired) electrons. The number of carbonyl (C=O) groups excluding carboxylic acids is 1. The molecule has 27 heavy (non-hydrogen) atoms. The van der Waals surface area contributed by atoms with E-state index in [1.807, 2.05) is 26.8 Å². The molecular formula is C18H20N6O3. The van der Waals surface area contributed by atoms with Crippen LogP contribution in [0, 0.1) is 11.3 Å². The van der Waals surface area contributed by atoms with E-state index in [0.717, 1.165) is 4.68 Å². The lowest BCUT2D eigenvalue weighted by Crippen LogP contribution is -2.30. The molecule has 0 atom stereocenters. The van der Waals surface area contributed by atoms with Crippen LogP contribution in [0.4, 0.5) is 0 Å². The highest BCUT2D eigenvalue weighted by atomic mass is 16.2. The number of aromatic nitrogens is 4. The molecule has 9 heteroatoms. The monoisotopic (exact) mass is 368 g/mol. The van der Waals surface area contributed by atoms with E-state index in [0.29, 0.717) is 29.4 Å². The summed E-state index contributed by atoms with van der Waals surface area (Å²) < 4.78 is 3.72. The first kappa shape index (κ1) is 18.4. The zero-order valence-corrected chi connectivity index (χ0v) is 15.4. The second-order valence-electron chi connectivity index (χ2n) is 6.55. The Kier molecular flexibility index (Phi) is 4.81. The largest absolute Gasteiger partial charge is 0.353 e. The SMILES string of the molecule is CCCn1c(=O)c2ccc(C(=O)NC(C)C)cc2n2c(=O)n(CC#N)nc12. The van der Waals surface area contributed by atoms with Gasteiger partial charge >= 0.3 is 5.69 Å². The molecule has 1 N–H and O–H groups in total. The summed E-state index contributed by atoms with van der Waals surface area (Å²) in [6.45, 7) is 5.76. The van der Waals surface area contributed by atoms with Crippen molar-refractivity contribution >= 4 is 22.6 Å². The van der Waals surface area contributed by atoms with Gasteiger partial charge in [-0.1, -0.05) is 6.92 Å². The fourth-order valence-corrected chi connectivity index (χ4v) is 3.00. The quantitative estimate of drug-likeness (QED) is 0.718. The minimum atomic E-state index is -0.525. The summed E-state index contributed by atoms with van der Waals surface area (Å²) >= 11 is 0. The fraction of sp³-hybridized carbons (Fsp3) is 0.389. The summed E-state index contributed by atoms with van der Waals surface area (Å²) in [7, 11) is 0. The van der Waals surface area contributed by atoms with E-state index in [-0.39, 0.29) is 29.8 Å². The van der Waals surface area contributed by atoms with Gasteiger partial charge in [-0.25, -0.2) is 9.20 Å². The van der Waals surface area contributed by atoms with Crippen LogP contribution < -0.4 is 16.6 Å². The molecule has 1 amide bonds. The van der Waals surface area contributed by atoms with E-state index in [1.165, 1.54) is 15.0 Å². The lowest BCUT2D eigenvalue weighted by molar-refractivity contribution is 0.0943. The average molecular weight is 368 g/mol. The number of amides is 1. The van der Waals surface area contributed by atoms with Crippen molar-refractivity contribution < 1.29 is 4.79 Å². The van der Waals surface area contributed by atoms with Crippen molar-refractivity contribution in [1.82, 2.24) is 24.1 Å². The van der Waals surface area contributed by atoms with Crippen LogP contribution in [0.3, 0.4) is 0 Å². The van der Waals surface area contributed by atoms with E-state index in [1.54, 1.807) is 12.1 Å². The summed E-state index contributed by atoms with van der Waals surface area (Å²) in [6.07, 6.45) is 0.676. The van der Waals surface area contributed by atoms with Gasteiger partial charge in [0.15, 0.2) is 0 Å². The number of hydrogen-bond donors (Lipinski definition) is 1. The van der Waals surface area contributed by atoms with Crippen molar-refractivity contribution in [1.29, 1.82) is 5.26 Å². The number of nitrogens with zero attached hydrogens (tertiary/aromatic N) is 5. The minimum Gasteiger partial charge on any atom is -0.350 e. The number of rotatable bonds is 5. The van der Waals surface area contributed by atoms with Gasteiger partial charge in [0.2, 0.25) is 5.78 Å². The van der Waals surface area contributed by atoms with E-state index >= 15 is 0 Å². The first-order valence-electron chi connectivity index (χ1n) is 8.73. The number of nitriles is 1. The second kappa shape index (κ2) is 7.07. The number of benzene rings is 1. The van der Waals surface area contributed by atoms with Crippen molar-refractivity contribution in [3.8, 4) is 6.07 Å². The molecule has 0 aliphatic rings. The maximum absolute atomic E-state index is 12.9. The zero-order valence-electron chi connectivity index (χ0n) is 15.4. The Morgan fingerprint density at radius 1 is 1.33 bits per heavy atom. The molecule has 140 valence electrons. The molecule has 0 aliphatic carbocycles. The van der Waals surface area contributed by atoms with Gasteiger partial charge in [0.25, 0.3) is 11.5 Å². The predicted molar refractivity (Wildman–Crippen MR) is 99.7 cm³/mol. The number of carbonyl (C=O) groups is 1. The van der Waals surface area contributed by atoms with Crippen LogP contribution in [-0.4, -0.2) is 30.7 Å². The summed E-state index contributed by atoms with van der Waals surface area (Å²) in [5.41, 5.74) is -0.176. The molecular weight excluding hydrogens is 348 g/mol. The van der Waals surface area contributed by atoms with Crippen molar-refractivity contribution in [2.75, 3.05) is 0 Å². The maximum Gasteiger partial charge on any atom is 0.353 e. The summed E-state index contributed by atoms with van der Waals surface area (Å²) in [5, 5.41) is 16.2. The number of hydrogen-bond acceptors (Lipinski definition) is 5. The van der Waals surface area contributed by atoms with Crippen LogP contribution in [0.2, 0.25) is 0 Å². The summed E-state index contributed by atoms with van der Waals surface area (Å²) in [5.74, 6) is -0.133. The van der Waals surface area contributed by atoms with Gasteiger partial charge in [-0.15, -0.1) is 5.10 Å². The Hall–Kier alpha value is -3.41. The first-order valence-corrected chi connectivity index (χ1v) is 8.73. The molecule has 0 unspecified atom stereocenters. The molecule has 0 saturated heterocycles. The number of fused-ring (bicyclic) bond motifs is 3. The second-order valence-corrected chi connectivity index (χ2v) is 6.55. The third-order valence-corrected chi connectivity index (χ3v) is 4.13. The van der Waals surface area contributed by atoms with Crippen molar-refractivity contribution in [3.63, 3.8) is 0 Å².